The number of carbonyl (C=O) groups excluding carboxylic acids is 1. The molecule has 1 amide bonds. The number of amides is 1. The molecule has 140 valence electrons. The van der Waals surface area contributed by atoms with Crippen LogP contribution < -0.4 is 5.32 Å². The van der Waals surface area contributed by atoms with Crippen molar-refractivity contribution in [3.8, 4) is 10.6 Å². The van der Waals surface area contributed by atoms with Crippen molar-refractivity contribution in [2.24, 2.45) is 0 Å². The molecule has 0 bridgehead atoms. The molecule has 0 radical (unpaired) electrons. The topological polar surface area (TPSA) is 42.0 Å². The molecule has 0 aliphatic heterocycles. The highest BCUT2D eigenvalue weighted by atomic mass is 35.5. The molecule has 0 fully saturated rings. The Morgan fingerprint density at radius 1 is 1.04 bits per heavy atom. The van der Waals surface area contributed by atoms with Crippen LogP contribution in [0.25, 0.3) is 21.5 Å². The van der Waals surface area contributed by atoms with Gasteiger partial charge in [0, 0.05) is 16.1 Å². The fourth-order valence-electron chi connectivity index (χ4n) is 3.16. The molecule has 4 rings (SSSR count). The van der Waals surface area contributed by atoms with Crippen LogP contribution in [-0.4, -0.2) is 10.9 Å². The van der Waals surface area contributed by atoms with Crippen molar-refractivity contribution in [2.45, 2.75) is 20.8 Å². The third-order valence-corrected chi connectivity index (χ3v) is 6.25. The first-order chi connectivity index (χ1) is 13.4. The molecule has 3 nitrogen and oxygen atoms in total. The summed E-state index contributed by atoms with van der Waals surface area (Å²) in [5.41, 5.74) is 6.10. The van der Waals surface area contributed by atoms with Gasteiger partial charge in [0.2, 0.25) is 0 Å². The van der Waals surface area contributed by atoms with Crippen LogP contribution >= 0.6 is 22.9 Å². The average Bonchev–Trinajstić information content (AvgIpc) is 3.22. The van der Waals surface area contributed by atoms with E-state index in [9.17, 15) is 4.79 Å². The number of pyridine rings is 1. The second-order valence-corrected chi connectivity index (χ2v) is 8.21. The monoisotopic (exact) mass is 406 g/mol. The van der Waals surface area contributed by atoms with Crippen LogP contribution in [0.5, 0.6) is 0 Å². The number of hydrogen-bond acceptors (Lipinski definition) is 3. The predicted octanol–water partition coefficient (Wildman–Crippen LogP) is 6.79. The van der Waals surface area contributed by atoms with E-state index in [1.54, 1.807) is 11.3 Å². The Hall–Kier alpha value is -2.69. The Labute approximate surface area is 173 Å². The zero-order valence-corrected chi connectivity index (χ0v) is 17.4. The van der Waals surface area contributed by atoms with Crippen LogP contribution in [0.1, 0.15) is 27.0 Å². The molecule has 0 aliphatic rings. The SMILES string of the molecule is Cc1ccc(NC(=O)c2cc(-c3cccs3)nc3c(C)c(Cl)ccc23)cc1C. The maximum Gasteiger partial charge on any atom is 0.256 e. The smallest absolute Gasteiger partial charge is 0.256 e. The first kappa shape index (κ1) is 18.7. The highest BCUT2D eigenvalue weighted by Gasteiger charge is 2.17. The number of rotatable bonds is 3. The summed E-state index contributed by atoms with van der Waals surface area (Å²) in [5.74, 6) is -0.157. The summed E-state index contributed by atoms with van der Waals surface area (Å²) in [6.45, 7) is 6.02. The maximum atomic E-state index is 13.2. The highest BCUT2D eigenvalue weighted by molar-refractivity contribution is 7.13. The van der Waals surface area contributed by atoms with Gasteiger partial charge in [0.1, 0.15) is 0 Å². The van der Waals surface area contributed by atoms with Gasteiger partial charge < -0.3 is 5.32 Å². The van der Waals surface area contributed by atoms with E-state index in [0.717, 1.165) is 38.3 Å². The summed E-state index contributed by atoms with van der Waals surface area (Å²) in [5, 5.41) is 6.47. The minimum absolute atomic E-state index is 0.157. The summed E-state index contributed by atoms with van der Waals surface area (Å²) in [6, 6.07) is 15.4. The molecule has 5 heteroatoms. The van der Waals surface area contributed by atoms with Gasteiger partial charge in [-0.3, -0.25) is 4.79 Å². The highest BCUT2D eigenvalue weighted by Crippen LogP contribution is 2.32. The number of nitrogens with one attached hydrogen (secondary N) is 1. The van der Waals surface area contributed by atoms with Gasteiger partial charge in [0.15, 0.2) is 0 Å². The standard InChI is InChI=1S/C23H19ClN2OS/c1-13-6-7-16(11-14(13)2)25-23(27)18-12-20(21-5-4-10-28-21)26-22-15(3)19(24)9-8-17(18)22/h4-12H,1-3H3,(H,25,27). The fourth-order valence-corrected chi connectivity index (χ4v) is 4.00. The molecule has 0 spiro atoms. The van der Waals surface area contributed by atoms with Crippen LogP contribution in [0.2, 0.25) is 5.02 Å². The number of carbonyl (C=O) groups is 1. The van der Waals surface area contributed by atoms with Crippen molar-refractivity contribution in [1.29, 1.82) is 0 Å². The molecule has 0 atom stereocenters. The van der Waals surface area contributed by atoms with E-state index in [2.05, 4.69) is 12.2 Å². The molecule has 28 heavy (non-hydrogen) atoms. The lowest BCUT2D eigenvalue weighted by atomic mass is 10.0. The summed E-state index contributed by atoms with van der Waals surface area (Å²) in [6.07, 6.45) is 0. The molecule has 0 aliphatic carbocycles. The fraction of sp³-hybridized carbons (Fsp3) is 0.130. The predicted molar refractivity (Wildman–Crippen MR) is 119 cm³/mol. The van der Waals surface area contributed by atoms with E-state index in [4.69, 9.17) is 16.6 Å². The van der Waals surface area contributed by atoms with E-state index in [1.807, 2.05) is 67.8 Å². The van der Waals surface area contributed by atoms with Gasteiger partial charge in [-0.05, 0) is 73.2 Å². The second kappa shape index (κ2) is 7.38. The molecule has 2 aromatic heterocycles. The quantitative estimate of drug-likeness (QED) is 0.406. The third-order valence-electron chi connectivity index (χ3n) is 4.95. The van der Waals surface area contributed by atoms with E-state index in [1.165, 1.54) is 5.56 Å². The summed E-state index contributed by atoms with van der Waals surface area (Å²) < 4.78 is 0. The minimum Gasteiger partial charge on any atom is -0.322 e. The lowest BCUT2D eigenvalue weighted by Gasteiger charge is -2.13. The first-order valence-electron chi connectivity index (χ1n) is 8.96. The Balaban J connectivity index is 1.85. The van der Waals surface area contributed by atoms with Crippen LogP contribution in [0.3, 0.4) is 0 Å². The number of hydrogen-bond donors (Lipinski definition) is 1. The molecule has 2 aromatic carbocycles. The number of aromatic nitrogens is 1. The molecule has 2 heterocycles. The Morgan fingerprint density at radius 3 is 2.57 bits per heavy atom. The normalized spacial score (nSPS) is 11.0. The minimum atomic E-state index is -0.157. The Bertz CT molecular complexity index is 1200. The molecule has 1 N–H and O–H groups in total. The zero-order chi connectivity index (χ0) is 19.8. The van der Waals surface area contributed by atoms with E-state index < -0.39 is 0 Å². The van der Waals surface area contributed by atoms with Crippen molar-refractivity contribution >= 4 is 45.4 Å². The number of thiophene rings is 1. The van der Waals surface area contributed by atoms with Gasteiger partial charge in [-0.15, -0.1) is 11.3 Å². The van der Waals surface area contributed by atoms with Crippen LogP contribution in [0.4, 0.5) is 5.69 Å². The number of anilines is 1. The maximum absolute atomic E-state index is 13.2. The molecular formula is C23H19ClN2OS. The number of halogens is 1. The number of nitrogens with zero attached hydrogens (tertiary/aromatic N) is 1. The van der Waals surface area contributed by atoms with E-state index in [-0.39, 0.29) is 5.91 Å². The Morgan fingerprint density at radius 2 is 1.86 bits per heavy atom. The van der Waals surface area contributed by atoms with E-state index in [0.29, 0.717) is 10.6 Å². The molecule has 0 unspecified atom stereocenters. The van der Waals surface area contributed by atoms with Gasteiger partial charge >= 0.3 is 0 Å². The van der Waals surface area contributed by atoms with Gasteiger partial charge in [0.25, 0.3) is 5.91 Å². The molecule has 4 aromatic rings. The largest absolute Gasteiger partial charge is 0.322 e. The van der Waals surface area contributed by atoms with Crippen LogP contribution in [-0.2, 0) is 0 Å². The van der Waals surface area contributed by atoms with Gasteiger partial charge in [-0.25, -0.2) is 4.98 Å². The third kappa shape index (κ3) is 3.41. The number of fused-ring (bicyclic) bond motifs is 1. The lowest BCUT2D eigenvalue weighted by Crippen LogP contribution is -2.13. The van der Waals surface area contributed by atoms with Crippen LogP contribution in [0.15, 0.2) is 53.9 Å². The summed E-state index contributed by atoms with van der Waals surface area (Å²) >= 11 is 7.92. The van der Waals surface area contributed by atoms with Gasteiger partial charge in [0.05, 0.1) is 21.7 Å². The van der Waals surface area contributed by atoms with Crippen molar-refractivity contribution in [3.63, 3.8) is 0 Å². The van der Waals surface area contributed by atoms with Crippen molar-refractivity contribution in [1.82, 2.24) is 4.98 Å². The van der Waals surface area contributed by atoms with Crippen LogP contribution in [0, 0.1) is 20.8 Å². The summed E-state index contributed by atoms with van der Waals surface area (Å²) in [7, 11) is 0. The van der Waals surface area contributed by atoms with Gasteiger partial charge in [-0.1, -0.05) is 29.8 Å². The van der Waals surface area contributed by atoms with Crippen molar-refractivity contribution < 1.29 is 4.79 Å². The average molecular weight is 407 g/mol. The second-order valence-electron chi connectivity index (χ2n) is 6.85. The van der Waals surface area contributed by atoms with E-state index >= 15 is 0 Å². The molecule has 0 saturated heterocycles. The van der Waals surface area contributed by atoms with Crippen molar-refractivity contribution in [3.05, 3.63) is 81.2 Å². The molecular weight excluding hydrogens is 388 g/mol. The number of aryl methyl sites for hydroxylation is 3. The Kier molecular flexibility index (Phi) is 4.92. The lowest BCUT2D eigenvalue weighted by molar-refractivity contribution is 0.102. The first-order valence-corrected chi connectivity index (χ1v) is 10.2. The molecule has 0 saturated carbocycles. The zero-order valence-electron chi connectivity index (χ0n) is 15.8. The van der Waals surface area contributed by atoms with Crippen molar-refractivity contribution in [2.75, 3.05) is 5.32 Å². The van der Waals surface area contributed by atoms with Gasteiger partial charge in [-0.2, -0.15) is 0 Å². The number of benzene rings is 2. The summed E-state index contributed by atoms with van der Waals surface area (Å²) in [4.78, 5) is 19.0.